The van der Waals surface area contributed by atoms with Crippen molar-refractivity contribution in [2.24, 2.45) is 0 Å². The second-order valence-corrected chi connectivity index (χ2v) is 14.0. The molecule has 2 unspecified atom stereocenters. The Balaban J connectivity index is 1.24. The van der Waals surface area contributed by atoms with Gasteiger partial charge in [0.15, 0.2) is 0 Å². The first kappa shape index (κ1) is 28.9. The van der Waals surface area contributed by atoms with Crippen molar-refractivity contribution in [3.63, 3.8) is 0 Å². The number of rotatable bonds is 10. The molecule has 0 aromatic heterocycles. The predicted octanol–water partition coefficient (Wildman–Crippen LogP) is 1.55. The zero-order valence-electron chi connectivity index (χ0n) is 22.0. The van der Waals surface area contributed by atoms with Gasteiger partial charge in [0.1, 0.15) is 18.5 Å². The molecule has 0 bridgehead atoms. The van der Waals surface area contributed by atoms with E-state index in [0.717, 1.165) is 17.5 Å². The maximum absolute atomic E-state index is 13.2. The molecule has 1 spiro atoms. The number of aryl methyl sites for hydroxylation is 2. The van der Waals surface area contributed by atoms with Crippen LogP contribution < -0.4 is 14.8 Å². The molecule has 3 N–H and O–H groups in total. The third-order valence-corrected chi connectivity index (χ3v) is 10.4. The molecule has 38 heavy (non-hydrogen) atoms. The lowest BCUT2D eigenvalue weighted by molar-refractivity contribution is -0.0312. The van der Waals surface area contributed by atoms with Crippen LogP contribution in [0.5, 0.6) is 5.75 Å². The van der Waals surface area contributed by atoms with Crippen LogP contribution >= 0.6 is 0 Å². The van der Waals surface area contributed by atoms with Gasteiger partial charge in [-0.25, -0.2) is 21.6 Å². The van der Waals surface area contributed by atoms with Crippen LogP contribution in [0.15, 0.2) is 52.3 Å². The summed E-state index contributed by atoms with van der Waals surface area (Å²) >= 11 is 0. The largest absolute Gasteiger partial charge is 0.491 e. The average molecular weight is 568 g/mol. The molecular formula is C26H37N3O7S2. The van der Waals surface area contributed by atoms with Crippen molar-refractivity contribution in [2.45, 2.75) is 60.6 Å². The number of hydrogen-bond donors (Lipinski definition) is 3. The lowest BCUT2D eigenvalue weighted by atomic mass is 9.88. The van der Waals surface area contributed by atoms with Crippen LogP contribution in [0.25, 0.3) is 0 Å². The molecule has 2 saturated heterocycles. The number of nitrogens with zero attached hydrogens (tertiary/aromatic N) is 1. The van der Waals surface area contributed by atoms with Crippen molar-refractivity contribution < 1.29 is 31.4 Å². The maximum atomic E-state index is 13.2. The highest BCUT2D eigenvalue weighted by Gasteiger charge is 2.44. The molecule has 2 aromatic carbocycles. The first-order chi connectivity index (χ1) is 17.9. The number of hydrogen-bond acceptors (Lipinski definition) is 8. The summed E-state index contributed by atoms with van der Waals surface area (Å²) in [6.45, 7) is 5.37. The molecule has 2 aliphatic rings. The van der Waals surface area contributed by atoms with Crippen LogP contribution in [0.1, 0.15) is 30.4 Å². The Labute approximate surface area is 225 Å². The summed E-state index contributed by atoms with van der Waals surface area (Å²) in [6.07, 6.45) is 1.17. The fourth-order valence-corrected chi connectivity index (χ4v) is 7.49. The summed E-state index contributed by atoms with van der Waals surface area (Å²) in [7, 11) is -5.79. The fourth-order valence-electron chi connectivity index (χ4n) is 5.09. The van der Waals surface area contributed by atoms with E-state index in [4.69, 9.17) is 9.47 Å². The van der Waals surface area contributed by atoms with Crippen LogP contribution in [0.4, 0.5) is 0 Å². The smallest absolute Gasteiger partial charge is 0.243 e. The molecule has 2 fully saturated rings. The quantitative estimate of drug-likeness (QED) is 0.394. The Bertz CT molecular complexity index is 1320. The molecular weight excluding hydrogens is 530 g/mol. The first-order valence-corrected chi connectivity index (χ1v) is 15.7. The highest BCUT2D eigenvalue weighted by atomic mass is 32.2. The van der Waals surface area contributed by atoms with Crippen molar-refractivity contribution in [2.75, 3.05) is 39.9 Å². The second kappa shape index (κ2) is 11.6. The number of sulfonamides is 2. The fraction of sp³-hybridized carbons (Fsp3) is 0.538. The van der Waals surface area contributed by atoms with Crippen molar-refractivity contribution >= 4 is 20.0 Å². The zero-order chi connectivity index (χ0) is 27.6. The van der Waals surface area contributed by atoms with E-state index >= 15 is 0 Å². The van der Waals surface area contributed by atoms with Gasteiger partial charge in [0.25, 0.3) is 0 Å². The summed E-state index contributed by atoms with van der Waals surface area (Å²) in [5.74, 6) is 0.353. The number of aliphatic hydroxyl groups excluding tert-OH is 1. The second-order valence-electron chi connectivity index (χ2n) is 10.2. The normalized spacial score (nSPS) is 21.0. The molecule has 2 aromatic rings. The summed E-state index contributed by atoms with van der Waals surface area (Å²) < 4.78 is 65.8. The Morgan fingerprint density at radius 1 is 1.08 bits per heavy atom. The van der Waals surface area contributed by atoms with Gasteiger partial charge in [0.05, 0.1) is 22.0 Å². The summed E-state index contributed by atoms with van der Waals surface area (Å²) in [5.41, 5.74) is 1.48. The topological polar surface area (TPSA) is 134 Å². The maximum Gasteiger partial charge on any atom is 0.243 e. The number of aliphatic hydroxyl groups is 1. The first-order valence-electron chi connectivity index (χ1n) is 12.7. The van der Waals surface area contributed by atoms with Crippen LogP contribution in [0, 0.1) is 13.8 Å². The van der Waals surface area contributed by atoms with E-state index in [1.807, 2.05) is 19.9 Å². The van der Waals surface area contributed by atoms with Gasteiger partial charge in [-0.2, -0.15) is 4.31 Å². The van der Waals surface area contributed by atoms with Gasteiger partial charge < -0.3 is 19.9 Å². The van der Waals surface area contributed by atoms with Gasteiger partial charge in [-0.3, -0.25) is 0 Å². The van der Waals surface area contributed by atoms with Crippen LogP contribution in [0.3, 0.4) is 0 Å². The minimum absolute atomic E-state index is 0.0000284. The van der Waals surface area contributed by atoms with Crippen molar-refractivity contribution in [1.29, 1.82) is 0 Å². The molecule has 0 radical (unpaired) electrons. The number of ether oxygens (including phenoxy) is 2. The van der Waals surface area contributed by atoms with Gasteiger partial charge >= 0.3 is 0 Å². The summed E-state index contributed by atoms with van der Waals surface area (Å²) in [4.78, 5) is 0.427. The molecule has 4 rings (SSSR count). The molecule has 0 aliphatic carbocycles. The lowest BCUT2D eigenvalue weighted by Gasteiger charge is -2.38. The van der Waals surface area contributed by atoms with Crippen LogP contribution in [0.2, 0.25) is 0 Å². The summed E-state index contributed by atoms with van der Waals surface area (Å²) in [5, 5.41) is 13.7. The SMILES string of the molecule is CNS(=O)(=O)c1cccc(OCC(O)CNC2COC3(CCN(S(=O)(=O)c4cc(C)cc(C)c4)CC3)C2)c1. The number of benzene rings is 2. The molecule has 0 amide bonds. The molecule has 2 heterocycles. The van der Waals surface area contributed by atoms with E-state index in [2.05, 4.69) is 10.0 Å². The van der Waals surface area contributed by atoms with Crippen molar-refractivity contribution in [3.05, 3.63) is 53.6 Å². The molecule has 210 valence electrons. The molecule has 2 aliphatic heterocycles. The van der Waals surface area contributed by atoms with Crippen molar-refractivity contribution in [1.82, 2.24) is 14.3 Å². The Kier molecular flexibility index (Phi) is 8.82. The zero-order valence-corrected chi connectivity index (χ0v) is 23.6. The van der Waals surface area contributed by atoms with Gasteiger partial charge in [-0.15, -0.1) is 0 Å². The highest BCUT2D eigenvalue weighted by Crippen LogP contribution is 2.37. The van der Waals surface area contributed by atoms with E-state index < -0.39 is 26.2 Å². The van der Waals surface area contributed by atoms with E-state index in [1.54, 1.807) is 28.6 Å². The molecule has 10 nitrogen and oxygen atoms in total. The third-order valence-electron chi connectivity index (χ3n) is 7.14. The standard InChI is InChI=1S/C26H37N3O7S2/c1-19-11-20(2)13-25(12-19)38(33,34)29-9-7-26(8-10-29)15-21(17-36-26)28-16-22(30)18-35-23-5-4-6-24(14-23)37(31,32)27-3/h4-6,11-14,21-22,27-28,30H,7-10,15-18H2,1-3H3. The van der Waals surface area contributed by atoms with E-state index in [0.29, 0.717) is 43.2 Å². The van der Waals surface area contributed by atoms with Gasteiger partial charge in [-0.1, -0.05) is 12.1 Å². The Hall–Kier alpha value is -2.06. The Morgan fingerprint density at radius 2 is 1.76 bits per heavy atom. The average Bonchev–Trinajstić information content (AvgIpc) is 3.28. The molecule has 0 saturated carbocycles. The van der Waals surface area contributed by atoms with E-state index in [-0.39, 0.29) is 29.7 Å². The van der Waals surface area contributed by atoms with E-state index in [9.17, 15) is 21.9 Å². The predicted molar refractivity (Wildman–Crippen MR) is 143 cm³/mol. The molecule has 12 heteroatoms. The lowest BCUT2D eigenvalue weighted by Crippen LogP contribution is -2.47. The monoisotopic (exact) mass is 567 g/mol. The molecule has 2 atom stereocenters. The minimum atomic E-state index is -3.58. The van der Waals surface area contributed by atoms with Crippen LogP contribution in [-0.4, -0.2) is 83.9 Å². The van der Waals surface area contributed by atoms with E-state index in [1.165, 1.54) is 19.2 Å². The number of nitrogens with one attached hydrogen (secondary N) is 2. The van der Waals surface area contributed by atoms with Crippen LogP contribution in [-0.2, 0) is 24.8 Å². The van der Waals surface area contributed by atoms with Crippen molar-refractivity contribution in [3.8, 4) is 5.75 Å². The summed E-state index contributed by atoms with van der Waals surface area (Å²) in [6, 6.07) is 11.5. The van der Waals surface area contributed by atoms with Gasteiger partial charge in [0, 0.05) is 31.7 Å². The Morgan fingerprint density at radius 3 is 2.42 bits per heavy atom. The third kappa shape index (κ3) is 6.74. The number of piperidine rings is 1. The van der Waals surface area contributed by atoms with Gasteiger partial charge in [0.2, 0.25) is 20.0 Å². The highest BCUT2D eigenvalue weighted by molar-refractivity contribution is 7.89. The minimum Gasteiger partial charge on any atom is -0.491 e. The van der Waals surface area contributed by atoms with Gasteiger partial charge in [-0.05, 0) is 75.5 Å².